The Balaban J connectivity index is 1.39. The molecule has 164 valence electrons. The second kappa shape index (κ2) is 8.42. The van der Waals surface area contributed by atoms with Gasteiger partial charge in [-0.05, 0) is 55.8 Å². The van der Waals surface area contributed by atoms with Crippen molar-refractivity contribution < 1.29 is 23.8 Å². The molecule has 1 spiro atoms. The molecular formula is C24H26ClNO5. The summed E-state index contributed by atoms with van der Waals surface area (Å²) in [5, 5.41) is 0.568. The van der Waals surface area contributed by atoms with Crippen molar-refractivity contribution >= 4 is 23.3 Å². The van der Waals surface area contributed by atoms with E-state index in [1.54, 1.807) is 49.3 Å². The minimum absolute atomic E-state index is 0.0409. The highest BCUT2D eigenvalue weighted by molar-refractivity contribution is 6.31. The molecule has 0 saturated carbocycles. The van der Waals surface area contributed by atoms with E-state index >= 15 is 0 Å². The maximum atomic E-state index is 12.9. The lowest BCUT2D eigenvalue weighted by atomic mass is 9.82. The number of benzene rings is 2. The van der Waals surface area contributed by atoms with Crippen LogP contribution in [0.5, 0.6) is 17.2 Å². The standard InChI is InChI=1S/C24H26ClNO5/c1-15-12-22-19(13-20(15)25)21(27)14-24(31-22)8-10-26(11-9-24)23(28)16(2)30-18-6-4-17(29-3)5-7-18/h4-7,12-13,16H,8-11,14H2,1-3H3. The average molecular weight is 444 g/mol. The number of ether oxygens (including phenoxy) is 3. The third-order valence-electron chi connectivity index (χ3n) is 6.08. The quantitative estimate of drug-likeness (QED) is 0.698. The fourth-order valence-electron chi connectivity index (χ4n) is 4.19. The van der Waals surface area contributed by atoms with Gasteiger partial charge in [0.2, 0.25) is 0 Å². The zero-order valence-electron chi connectivity index (χ0n) is 17.9. The predicted octanol–water partition coefficient (Wildman–Crippen LogP) is 4.45. The van der Waals surface area contributed by atoms with Crippen molar-refractivity contribution in [1.29, 1.82) is 0 Å². The van der Waals surface area contributed by atoms with Crippen molar-refractivity contribution in [3.63, 3.8) is 0 Å². The van der Waals surface area contributed by atoms with E-state index in [0.29, 0.717) is 54.4 Å². The van der Waals surface area contributed by atoms with E-state index in [0.717, 1.165) is 11.3 Å². The Hall–Kier alpha value is -2.73. The number of carbonyl (C=O) groups is 2. The Labute approximate surface area is 187 Å². The Bertz CT molecular complexity index is 996. The van der Waals surface area contributed by atoms with E-state index in [4.69, 9.17) is 25.8 Å². The molecule has 7 heteroatoms. The van der Waals surface area contributed by atoms with E-state index in [2.05, 4.69) is 0 Å². The Kier molecular flexibility index (Phi) is 5.84. The van der Waals surface area contributed by atoms with Crippen LogP contribution in [0.2, 0.25) is 5.02 Å². The number of amides is 1. The van der Waals surface area contributed by atoms with E-state index in [1.807, 2.05) is 13.0 Å². The zero-order valence-corrected chi connectivity index (χ0v) is 18.7. The molecule has 0 N–H and O–H groups in total. The molecule has 0 aliphatic carbocycles. The van der Waals surface area contributed by atoms with Crippen LogP contribution in [-0.4, -0.2) is 48.5 Å². The number of aryl methyl sites for hydroxylation is 1. The molecule has 6 nitrogen and oxygen atoms in total. The first-order valence-corrected chi connectivity index (χ1v) is 10.8. The average Bonchev–Trinajstić information content (AvgIpc) is 2.76. The summed E-state index contributed by atoms with van der Waals surface area (Å²) in [5.41, 5.74) is 0.852. The molecule has 1 saturated heterocycles. The predicted molar refractivity (Wildman–Crippen MR) is 117 cm³/mol. The van der Waals surface area contributed by atoms with Crippen LogP contribution in [0, 0.1) is 6.92 Å². The Morgan fingerprint density at radius 3 is 2.45 bits per heavy atom. The van der Waals surface area contributed by atoms with Gasteiger partial charge in [0, 0.05) is 31.0 Å². The smallest absolute Gasteiger partial charge is 0.263 e. The lowest BCUT2D eigenvalue weighted by Gasteiger charge is -2.44. The molecule has 0 aromatic heterocycles. The molecule has 4 rings (SSSR count). The third kappa shape index (κ3) is 4.35. The number of rotatable bonds is 4. The fraction of sp³-hybridized carbons (Fsp3) is 0.417. The molecule has 1 unspecified atom stereocenters. The highest BCUT2D eigenvalue weighted by Crippen LogP contribution is 2.41. The first kappa shape index (κ1) is 21.5. The monoisotopic (exact) mass is 443 g/mol. The Morgan fingerprint density at radius 2 is 1.81 bits per heavy atom. The summed E-state index contributed by atoms with van der Waals surface area (Å²) < 4.78 is 17.3. The number of halogens is 1. The largest absolute Gasteiger partial charge is 0.497 e. The Morgan fingerprint density at radius 1 is 1.16 bits per heavy atom. The van der Waals surface area contributed by atoms with E-state index in [-0.39, 0.29) is 11.7 Å². The maximum Gasteiger partial charge on any atom is 0.263 e. The maximum absolute atomic E-state index is 12.9. The summed E-state index contributed by atoms with van der Waals surface area (Å²) in [6, 6.07) is 10.7. The molecule has 2 aromatic rings. The van der Waals surface area contributed by atoms with E-state index in [9.17, 15) is 9.59 Å². The summed E-state index contributed by atoms with van der Waals surface area (Å²) in [6.45, 7) is 4.68. The fourth-order valence-corrected chi connectivity index (χ4v) is 4.36. The summed E-state index contributed by atoms with van der Waals surface area (Å²) in [6.07, 6.45) is 0.892. The summed E-state index contributed by atoms with van der Waals surface area (Å²) >= 11 is 6.17. The van der Waals surface area contributed by atoms with Gasteiger partial charge < -0.3 is 19.1 Å². The van der Waals surface area contributed by atoms with Crippen molar-refractivity contribution in [1.82, 2.24) is 4.90 Å². The van der Waals surface area contributed by atoms with Gasteiger partial charge in [0.15, 0.2) is 11.9 Å². The number of hydrogen-bond donors (Lipinski definition) is 0. The summed E-state index contributed by atoms with van der Waals surface area (Å²) in [5.74, 6) is 1.90. The van der Waals surface area contributed by atoms with Crippen LogP contribution in [0.1, 0.15) is 42.1 Å². The number of ketones is 1. The van der Waals surface area contributed by atoms with Crippen LogP contribution in [0.4, 0.5) is 0 Å². The van der Waals surface area contributed by atoms with Crippen LogP contribution in [-0.2, 0) is 4.79 Å². The number of fused-ring (bicyclic) bond motifs is 1. The van der Waals surface area contributed by atoms with Crippen molar-refractivity contribution in [3.8, 4) is 17.2 Å². The van der Waals surface area contributed by atoms with Gasteiger partial charge in [0.1, 0.15) is 22.8 Å². The molecule has 2 aliphatic heterocycles. The number of carbonyl (C=O) groups excluding carboxylic acids is 2. The van der Waals surface area contributed by atoms with Gasteiger partial charge in [-0.3, -0.25) is 9.59 Å². The normalized spacial score (nSPS) is 18.2. The SMILES string of the molecule is COc1ccc(OC(C)C(=O)N2CCC3(CC2)CC(=O)c2cc(Cl)c(C)cc2O3)cc1. The molecule has 2 heterocycles. The number of methoxy groups -OCH3 is 1. The molecule has 1 fully saturated rings. The van der Waals surface area contributed by atoms with Gasteiger partial charge in [-0.15, -0.1) is 0 Å². The van der Waals surface area contributed by atoms with Crippen molar-refractivity contribution in [2.45, 2.75) is 44.8 Å². The molecule has 1 atom stereocenters. The third-order valence-corrected chi connectivity index (χ3v) is 6.48. The van der Waals surface area contributed by atoms with Crippen molar-refractivity contribution in [3.05, 3.63) is 52.5 Å². The summed E-state index contributed by atoms with van der Waals surface area (Å²) in [7, 11) is 1.60. The molecular weight excluding hydrogens is 418 g/mol. The van der Waals surface area contributed by atoms with Crippen LogP contribution >= 0.6 is 11.6 Å². The van der Waals surface area contributed by atoms with E-state index < -0.39 is 11.7 Å². The van der Waals surface area contributed by atoms with Crippen LogP contribution in [0.3, 0.4) is 0 Å². The second-order valence-electron chi connectivity index (χ2n) is 8.24. The number of nitrogens with zero attached hydrogens (tertiary/aromatic N) is 1. The minimum atomic E-state index is -0.609. The number of likely N-dealkylation sites (tertiary alicyclic amines) is 1. The first-order chi connectivity index (χ1) is 14.8. The first-order valence-electron chi connectivity index (χ1n) is 10.4. The van der Waals surface area contributed by atoms with Gasteiger partial charge in [0.25, 0.3) is 5.91 Å². The topological polar surface area (TPSA) is 65.1 Å². The highest BCUT2D eigenvalue weighted by atomic mass is 35.5. The lowest BCUT2D eigenvalue weighted by molar-refractivity contribution is -0.141. The minimum Gasteiger partial charge on any atom is -0.497 e. The van der Waals surface area contributed by atoms with Gasteiger partial charge in [-0.2, -0.15) is 0 Å². The molecule has 1 amide bonds. The number of Topliss-reactive ketones (excluding diaryl/α,β-unsaturated/α-hetero) is 1. The van der Waals surface area contributed by atoms with Crippen molar-refractivity contribution in [2.75, 3.05) is 20.2 Å². The molecule has 0 radical (unpaired) electrons. The summed E-state index contributed by atoms with van der Waals surface area (Å²) in [4.78, 5) is 27.4. The molecule has 31 heavy (non-hydrogen) atoms. The van der Waals surface area contributed by atoms with Gasteiger partial charge in [0.05, 0.1) is 19.1 Å². The number of hydrogen-bond acceptors (Lipinski definition) is 5. The van der Waals surface area contributed by atoms with E-state index in [1.165, 1.54) is 0 Å². The van der Waals surface area contributed by atoms with Gasteiger partial charge in [-0.25, -0.2) is 0 Å². The van der Waals surface area contributed by atoms with Crippen LogP contribution in [0.15, 0.2) is 36.4 Å². The molecule has 2 aliphatic rings. The molecule has 2 aromatic carbocycles. The van der Waals surface area contributed by atoms with Gasteiger partial charge >= 0.3 is 0 Å². The van der Waals surface area contributed by atoms with Crippen LogP contribution < -0.4 is 14.2 Å². The zero-order chi connectivity index (χ0) is 22.2. The lowest BCUT2D eigenvalue weighted by Crippen LogP contribution is -2.54. The molecule has 0 bridgehead atoms. The second-order valence-corrected chi connectivity index (χ2v) is 8.65. The van der Waals surface area contributed by atoms with Crippen molar-refractivity contribution in [2.24, 2.45) is 0 Å². The van der Waals surface area contributed by atoms with Gasteiger partial charge in [-0.1, -0.05) is 11.6 Å². The van der Waals surface area contributed by atoms with Crippen LogP contribution in [0.25, 0.3) is 0 Å². The number of piperidine rings is 1. The highest BCUT2D eigenvalue weighted by Gasteiger charge is 2.44.